The molecule has 1 heterocycles. The van der Waals surface area contributed by atoms with Crippen LogP contribution in [0.4, 0.5) is 0 Å². The van der Waals surface area contributed by atoms with Crippen molar-refractivity contribution in [1.29, 1.82) is 0 Å². The molecule has 1 aliphatic rings. The lowest BCUT2D eigenvalue weighted by atomic mass is 9.86. The highest BCUT2D eigenvalue weighted by atomic mass is 16.5. The zero-order chi connectivity index (χ0) is 12.9. The van der Waals surface area contributed by atoms with Crippen LogP contribution in [-0.2, 0) is 14.3 Å². The van der Waals surface area contributed by atoms with E-state index in [0.29, 0.717) is 32.5 Å². The summed E-state index contributed by atoms with van der Waals surface area (Å²) in [7, 11) is 0. The molecule has 1 fully saturated rings. The summed E-state index contributed by atoms with van der Waals surface area (Å²) in [5.41, 5.74) is -0.615. The predicted octanol–water partition coefficient (Wildman–Crippen LogP) is 1.17. The number of carbonyl (C=O) groups is 2. The second-order valence-electron chi connectivity index (χ2n) is 5.11. The minimum atomic E-state index is -0.878. The van der Waals surface area contributed by atoms with Gasteiger partial charge in [-0.1, -0.05) is 13.8 Å². The van der Waals surface area contributed by atoms with Gasteiger partial charge in [-0.2, -0.15) is 0 Å². The first kappa shape index (κ1) is 14.0. The third kappa shape index (κ3) is 4.73. The molecule has 0 bridgehead atoms. The van der Waals surface area contributed by atoms with E-state index in [0.717, 1.165) is 0 Å². The Morgan fingerprint density at radius 1 is 1.35 bits per heavy atom. The average Bonchev–Trinajstić information content (AvgIpc) is 2.15. The summed E-state index contributed by atoms with van der Waals surface area (Å²) < 4.78 is 5.22. The first-order valence-corrected chi connectivity index (χ1v) is 6.04. The number of carboxylic acid groups (broad SMARTS) is 1. The Kier molecular flexibility index (Phi) is 4.93. The second kappa shape index (κ2) is 6.00. The molecule has 98 valence electrons. The topological polar surface area (TPSA) is 75.6 Å². The summed E-state index contributed by atoms with van der Waals surface area (Å²) in [6, 6.07) is 0. The van der Waals surface area contributed by atoms with E-state index in [-0.39, 0.29) is 18.2 Å². The van der Waals surface area contributed by atoms with Crippen molar-refractivity contribution in [2.24, 2.45) is 5.92 Å². The van der Waals surface area contributed by atoms with Crippen molar-refractivity contribution in [2.45, 2.75) is 45.1 Å². The summed E-state index contributed by atoms with van der Waals surface area (Å²) in [6.07, 6.45) is 1.55. The summed E-state index contributed by atoms with van der Waals surface area (Å²) in [5.74, 6) is -0.670. The molecule has 5 heteroatoms. The van der Waals surface area contributed by atoms with Crippen molar-refractivity contribution in [3.05, 3.63) is 0 Å². The van der Waals surface area contributed by atoms with Gasteiger partial charge in [0.05, 0.1) is 12.0 Å². The number of ether oxygens (including phenoxy) is 1. The summed E-state index contributed by atoms with van der Waals surface area (Å²) in [4.78, 5) is 22.6. The van der Waals surface area contributed by atoms with Crippen LogP contribution < -0.4 is 5.32 Å². The Hall–Kier alpha value is -1.10. The fourth-order valence-electron chi connectivity index (χ4n) is 2.12. The fourth-order valence-corrected chi connectivity index (χ4v) is 2.12. The van der Waals surface area contributed by atoms with Gasteiger partial charge >= 0.3 is 5.97 Å². The third-order valence-corrected chi connectivity index (χ3v) is 2.94. The minimum absolute atomic E-state index is 0.0276. The SMILES string of the molecule is CC(C)CC(=O)NC1(CC(=O)O)CCOCC1. The molecule has 17 heavy (non-hydrogen) atoms. The van der Waals surface area contributed by atoms with Gasteiger partial charge in [0.1, 0.15) is 0 Å². The fraction of sp³-hybridized carbons (Fsp3) is 0.833. The zero-order valence-corrected chi connectivity index (χ0v) is 10.5. The molecule has 1 amide bonds. The molecule has 0 radical (unpaired) electrons. The lowest BCUT2D eigenvalue weighted by Gasteiger charge is -2.37. The van der Waals surface area contributed by atoms with E-state index >= 15 is 0 Å². The number of aliphatic carboxylic acids is 1. The predicted molar refractivity (Wildman–Crippen MR) is 62.6 cm³/mol. The Balaban J connectivity index is 2.62. The lowest BCUT2D eigenvalue weighted by molar-refractivity contribution is -0.140. The lowest BCUT2D eigenvalue weighted by Crippen LogP contribution is -2.53. The minimum Gasteiger partial charge on any atom is -0.481 e. The van der Waals surface area contributed by atoms with Crippen molar-refractivity contribution in [3.8, 4) is 0 Å². The number of hydrogen-bond acceptors (Lipinski definition) is 3. The maximum absolute atomic E-state index is 11.8. The summed E-state index contributed by atoms with van der Waals surface area (Å²) >= 11 is 0. The van der Waals surface area contributed by atoms with Crippen molar-refractivity contribution >= 4 is 11.9 Å². The van der Waals surface area contributed by atoms with Crippen molar-refractivity contribution in [3.63, 3.8) is 0 Å². The molecule has 0 atom stereocenters. The van der Waals surface area contributed by atoms with Crippen LogP contribution in [0.25, 0.3) is 0 Å². The van der Waals surface area contributed by atoms with Gasteiger partial charge in [0.2, 0.25) is 5.91 Å². The Labute approximate surface area is 102 Å². The average molecular weight is 243 g/mol. The van der Waals surface area contributed by atoms with E-state index in [1.807, 2.05) is 13.8 Å². The summed E-state index contributed by atoms with van der Waals surface area (Å²) in [6.45, 7) is 4.95. The number of amides is 1. The molecular formula is C12H21NO4. The van der Waals surface area contributed by atoms with Crippen LogP contribution in [0.5, 0.6) is 0 Å². The van der Waals surface area contributed by atoms with Gasteiger partial charge in [-0.15, -0.1) is 0 Å². The van der Waals surface area contributed by atoms with Crippen LogP contribution in [0.2, 0.25) is 0 Å². The monoisotopic (exact) mass is 243 g/mol. The number of rotatable bonds is 5. The molecule has 2 N–H and O–H groups in total. The molecule has 0 aliphatic carbocycles. The van der Waals surface area contributed by atoms with Crippen LogP contribution in [0, 0.1) is 5.92 Å². The Morgan fingerprint density at radius 2 is 1.94 bits per heavy atom. The van der Waals surface area contributed by atoms with Crippen LogP contribution in [-0.4, -0.2) is 35.7 Å². The Bertz CT molecular complexity index is 282. The molecular weight excluding hydrogens is 222 g/mol. The standard InChI is InChI=1S/C12H21NO4/c1-9(2)7-10(14)13-12(8-11(15)16)3-5-17-6-4-12/h9H,3-8H2,1-2H3,(H,13,14)(H,15,16). The summed E-state index contributed by atoms with van der Waals surface area (Å²) in [5, 5.41) is 11.8. The highest BCUT2D eigenvalue weighted by molar-refractivity contribution is 5.78. The van der Waals surface area contributed by atoms with Crippen molar-refractivity contribution in [1.82, 2.24) is 5.32 Å². The van der Waals surface area contributed by atoms with Gasteiger partial charge in [0.25, 0.3) is 0 Å². The smallest absolute Gasteiger partial charge is 0.305 e. The van der Waals surface area contributed by atoms with Gasteiger partial charge in [-0.3, -0.25) is 9.59 Å². The van der Waals surface area contributed by atoms with Gasteiger partial charge in [0.15, 0.2) is 0 Å². The molecule has 0 aromatic carbocycles. The molecule has 5 nitrogen and oxygen atoms in total. The molecule has 0 aromatic rings. The maximum Gasteiger partial charge on any atom is 0.305 e. The third-order valence-electron chi connectivity index (χ3n) is 2.94. The van der Waals surface area contributed by atoms with E-state index in [1.54, 1.807) is 0 Å². The number of carboxylic acids is 1. The molecule has 0 saturated carbocycles. The highest BCUT2D eigenvalue weighted by Gasteiger charge is 2.36. The number of nitrogens with one attached hydrogen (secondary N) is 1. The second-order valence-corrected chi connectivity index (χ2v) is 5.11. The first-order chi connectivity index (χ1) is 7.93. The van der Waals surface area contributed by atoms with E-state index in [9.17, 15) is 9.59 Å². The Morgan fingerprint density at radius 3 is 2.41 bits per heavy atom. The van der Waals surface area contributed by atoms with E-state index in [2.05, 4.69) is 5.32 Å². The normalized spacial score (nSPS) is 19.0. The van der Waals surface area contributed by atoms with Gasteiger partial charge in [0, 0.05) is 19.6 Å². The molecule has 1 saturated heterocycles. The molecule has 0 aromatic heterocycles. The number of hydrogen-bond donors (Lipinski definition) is 2. The van der Waals surface area contributed by atoms with Crippen LogP contribution in [0.1, 0.15) is 39.5 Å². The number of carbonyl (C=O) groups excluding carboxylic acids is 1. The van der Waals surface area contributed by atoms with Crippen LogP contribution >= 0.6 is 0 Å². The maximum atomic E-state index is 11.8. The quantitative estimate of drug-likeness (QED) is 0.760. The molecule has 1 rings (SSSR count). The molecule has 0 spiro atoms. The first-order valence-electron chi connectivity index (χ1n) is 6.04. The van der Waals surface area contributed by atoms with Crippen molar-refractivity contribution < 1.29 is 19.4 Å². The van der Waals surface area contributed by atoms with E-state index < -0.39 is 11.5 Å². The zero-order valence-electron chi connectivity index (χ0n) is 10.5. The van der Waals surface area contributed by atoms with Gasteiger partial charge in [-0.25, -0.2) is 0 Å². The molecule has 1 aliphatic heterocycles. The van der Waals surface area contributed by atoms with E-state index in [4.69, 9.17) is 9.84 Å². The van der Waals surface area contributed by atoms with Gasteiger partial charge in [-0.05, 0) is 18.8 Å². The highest BCUT2D eigenvalue weighted by Crippen LogP contribution is 2.25. The van der Waals surface area contributed by atoms with Gasteiger partial charge < -0.3 is 15.2 Å². The largest absolute Gasteiger partial charge is 0.481 e. The van der Waals surface area contributed by atoms with Crippen LogP contribution in [0.3, 0.4) is 0 Å². The van der Waals surface area contributed by atoms with Crippen LogP contribution in [0.15, 0.2) is 0 Å². The van der Waals surface area contributed by atoms with E-state index in [1.165, 1.54) is 0 Å². The molecule has 0 unspecified atom stereocenters. The van der Waals surface area contributed by atoms with Crippen molar-refractivity contribution in [2.75, 3.05) is 13.2 Å².